The van der Waals surface area contributed by atoms with Gasteiger partial charge in [-0.15, -0.1) is 0 Å². The van der Waals surface area contributed by atoms with Crippen molar-refractivity contribution in [2.45, 2.75) is 83.1 Å². The van der Waals surface area contributed by atoms with Crippen molar-refractivity contribution in [3.05, 3.63) is 24.3 Å². The fourth-order valence-corrected chi connectivity index (χ4v) is 6.48. The van der Waals surface area contributed by atoms with Gasteiger partial charge >= 0.3 is 5.97 Å². The molecule has 35 heavy (non-hydrogen) atoms. The van der Waals surface area contributed by atoms with Gasteiger partial charge < -0.3 is 24.4 Å². The summed E-state index contributed by atoms with van der Waals surface area (Å²) in [5.41, 5.74) is -2.33. The fraction of sp³-hybridized carbons (Fsp3) is 0.741. The molecule has 1 spiro atoms. The highest BCUT2D eigenvalue weighted by Gasteiger charge is 2.75. The van der Waals surface area contributed by atoms with E-state index in [2.05, 4.69) is 6.92 Å². The molecule has 2 amide bonds. The Labute approximate surface area is 208 Å². The molecule has 0 saturated carbocycles. The van der Waals surface area contributed by atoms with Crippen molar-refractivity contribution in [1.29, 1.82) is 0 Å². The standard InChI is InChI=1S/C27H40N2O6/c1-5-7-13-28-14-10-12-27-20(21-25(33)34-15-9-8-11-26(21,6-2)35-27)23(31)29(22(27)24(28)32)19(17-30)16-18(3)4/h8,10-12,18-22,30H,5-7,9,13-17H2,1-4H3/t19-,20+,21+,22?,26-,27+/m1/s1. The number of carbonyl (C=O) groups is 3. The Morgan fingerprint density at radius 1 is 1.11 bits per heavy atom. The SMILES string of the molecule is CCCCN1CC=C[C@]23O[C@]4(CC)C=CCCOC(=O)[C@@H]4[C@H]2C(=O)N([C@@H](CO)CC(C)C)C3C1=O. The lowest BCUT2D eigenvalue weighted by Gasteiger charge is -2.41. The topological polar surface area (TPSA) is 96.4 Å². The smallest absolute Gasteiger partial charge is 0.313 e. The molecule has 0 aromatic rings. The van der Waals surface area contributed by atoms with Crippen LogP contribution in [0.25, 0.3) is 0 Å². The number of esters is 1. The van der Waals surface area contributed by atoms with Gasteiger partial charge in [-0.2, -0.15) is 0 Å². The van der Waals surface area contributed by atoms with E-state index in [1.807, 2.05) is 45.1 Å². The monoisotopic (exact) mass is 488 g/mol. The highest BCUT2D eigenvalue weighted by molar-refractivity contribution is 5.99. The zero-order chi connectivity index (χ0) is 25.4. The molecule has 0 aromatic carbocycles. The minimum atomic E-state index is -1.30. The number of hydrogen-bond acceptors (Lipinski definition) is 6. The van der Waals surface area contributed by atoms with Gasteiger partial charge in [-0.3, -0.25) is 14.4 Å². The lowest BCUT2D eigenvalue weighted by molar-refractivity contribution is -0.163. The van der Waals surface area contributed by atoms with E-state index in [0.717, 1.165) is 12.8 Å². The maximum Gasteiger partial charge on any atom is 0.313 e. The molecule has 4 aliphatic rings. The number of hydrogen-bond donors (Lipinski definition) is 1. The molecular formula is C27H40N2O6. The van der Waals surface area contributed by atoms with Gasteiger partial charge in [0.1, 0.15) is 23.2 Å². The Balaban J connectivity index is 1.88. The summed E-state index contributed by atoms with van der Waals surface area (Å²) < 4.78 is 12.4. The molecular weight excluding hydrogens is 448 g/mol. The van der Waals surface area contributed by atoms with Crippen LogP contribution in [0.15, 0.2) is 24.3 Å². The largest absolute Gasteiger partial charge is 0.465 e. The first-order valence-electron chi connectivity index (χ1n) is 13.2. The number of likely N-dealkylation sites (tertiary alicyclic amines) is 1. The summed E-state index contributed by atoms with van der Waals surface area (Å²) >= 11 is 0. The van der Waals surface area contributed by atoms with Crippen LogP contribution < -0.4 is 0 Å². The summed E-state index contributed by atoms with van der Waals surface area (Å²) in [7, 11) is 0. The first kappa shape index (κ1) is 25.9. The van der Waals surface area contributed by atoms with Crippen LogP contribution in [0.3, 0.4) is 0 Å². The lowest BCUT2D eigenvalue weighted by atomic mass is 9.73. The number of amides is 2. The van der Waals surface area contributed by atoms with Crippen LogP contribution in [-0.2, 0) is 23.9 Å². The summed E-state index contributed by atoms with van der Waals surface area (Å²) in [6, 6.07) is -1.48. The van der Waals surface area contributed by atoms with Crippen LogP contribution >= 0.6 is 0 Å². The van der Waals surface area contributed by atoms with Crippen molar-refractivity contribution >= 4 is 17.8 Å². The van der Waals surface area contributed by atoms with Gasteiger partial charge in [0.05, 0.1) is 25.2 Å². The molecule has 2 fully saturated rings. The van der Waals surface area contributed by atoms with E-state index in [0.29, 0.717) is 32.4 Å². The molecule has 4 heterocycles. The van der Waals surface area contributed by atoms with Crippen LogP contribution in [0, 0.1) is 17.8 Å². The van der Waals surface area contributed by atoms with E-state index >= 15 is 0 Å². The van der Waals surface area contributed by atoms with Crippen LogP contribution in [0.2, 0.25) is 0 Å². The zero-order valence-electron chi connectivity index (χ0n) is 21.4. The van der Waals surface area contributed by atoms with Crippen LogP contribution in [-0.4, -0.2) is 82.3 Å². The Kier molecular flexibility index (Phi) is 7.44. The average molecular weight is 489 g/mol. The van der Waals surface area contributed by atoms with Crippen molar-refractivity contribution in [3.8, 4) is 0 Å². The second-order valence-electron chi connectivity index (χ2n) is 10.7. The minimum Gasteiger partial charge on any atom is -0.465 e. The van der Waals surface area contributed by atoms with E-state index < -0.39 is 41.1 Å². The summed E-state index contributed by atoms with van der Waals surface area (Å²) in [5, 5.41) is 10.4. The Morgan fingerprint density at radius 3 is 2.54 bits per heavy atom. The van der Waals surface area contributed by atoms with E-state index in [-0.39, 0.29) is 30.9 Å². The first-order chi connectivity index (χ1) is 16.8. The molecule has 0 aliphatic carbocycles. The molecule has 6 atom stereocenters. The van der Waals surface area contributed by atoms with E-state index in [9.17, 15) is 19.5 Å². The zero-order valence-corrected chi connectivity index (χ0v) is 21.4. The average Bonchev–Trinajstić information content (AvgIpc) is 3.18. The summed E-state index contributed by atoms with van der Waals surface area (Å²) in [5.74, 6) is -2.49. The molecule has 0 radical (unpaired) electrons. The number of nitrogens with zero attached hydrogens (tertiary/aromatic N) is 2. The number of rotatable bonds is 8. The third kappa shape index (κ3) is 4.12. The summed E-state index contributed by atoms with van der Waals surface area (Å²) in [4.78, 5) is 45.1. The molecule has 4 aliphatic heterocycles. The minimum absolute atomic E-state index is 0.181. The number of carbonyl (C=O) groups excluding carboxylic acids is 3. The van der Waals surface area contributed by atoms with Gasteiger partial charge in [-0.25, -0.2) is 0 Å². The molecule has 8 nitrogen and oxygen atoms in total. The predicted octanol–water partition coefficient (Wildman–Crippen LogP) is 2.46. The number of unbranched alkanes of at least 4 members (excludes halogenated alkanes) is 1. The van der Waals surface area contributed by atoms with Gasteiger partial charge in [0.2, 0.25) is 11.8 Å². The maximum atomic E-state index is 14.3. The maximum absolute atomic E-state index is 14.3. The van der Waals surface area contributed by atoms with Gasteiger partial charge in [0.25, 0.3) is 0 Å². The summed E-state index contributed by atoms with van der Waals surface area (Å²) in [6.07, 6.45) is 11.0. The van der Waals surface area contributed by atoms with Gasteiger partial charge in [0.15, 0.2) is 0 Å². The van der Waals surface area contributed by atoms with Crippen molar-refractivity contribution in [1.82, 2.24) is 9.80 Å². The lowest BCUT2D eigenvalue weighted by Crippen LogP contribution is -2.59. The molecule has 1 N–H and O–H groups in total. The Bertz CT molecular complexity index is 900. The van der Waals surface area contributed by atoms with Crippen molar-refractivity contribution < 1.29 is 29.0 Å². The molecule has 1 unspecified atom stereocenters. The Hall–Kier alpha value is -2.19. The van der Waals surface area contributed by atoms with E-state index in [1.54, 1.807) is 9.80 Å². The second-order valence-corrected chi connectivity index (χ2v) is 10.7. The van der Waals surface area contributed by atoms with E-state index in [4.69, 9.17) is 9.47 Å². The number of aliphatic hydroxyl groups is 1. The summed E-state index contributed by atoms with van der Waals surface area (Å²) in [6.45, 7) is 9.05. The van der Waals surface area contributed by atoms with E-state index in [1.165, 1.54) is 0 Å². The molecule has 0 bridgehead atoms. The predicted molar refractivity (Wildman–Crippen MR) is 130 cm³/mol. The molecule has 4 rings (SSSR count). The third-order valence-corrected chi connectivity index (χ3v) is 8.05. The number of ether oxygens (including phenoxy) is 2. The second kappa shape index (κ2) is 10.1. The van der Waals surface area contributed by atoms with Gasteiger partial charge in [0, 0.05) is 13.1 Å². The Morgan fingerprint density at radius 2 is 1.89 bits per heavy atom. The number of fused-ring (bicyclic) bond motifs is 2. The van der Waals surface area contributed by atoms with Crippen LogP contribution in [0.5, 0.6) is 0 Å². The molecule has 194 valence electrons. The van der Waals surface area contributed by atoms with Crippen LogP contribution in [0.4, 0.5) is 0 Å². The van der Waals surface area contributed by atoms with Gasteiger partial charge in [-0.05, 0) is 31.6 Å². The molecule has 0 aromatic heterocycles. The highest BCUT2D eigenvalue weighted by Crippen LogP contribution is 2.58. The van der Waals surface area contributed by atoms with Crippen molar-refractivity contribution in [2.24, 2.45) is 17.8 Å². The number of cyclic esters (lactones) is 1. The highest BCUT2D eigenvalue weighted by atomic mass is 16.6. The third-order valence-electron chi connectivity index (χ3n) is 8.05. The fourth-order valence-electron chi connectivity index (χ4n) is 6.48. The first-order valence-corrected chi connectivity index (χ1v) is 13.2. The quantitative estimate of drug-likeness (QED) is 0.417. The van der Waals surface area contributed by atoms with Crippen molar-refractivity contribution in [2.75, 3.05) is 26.3 Å². The van der Waals surface area contributed by atoms with Crippen molar-refractivity contribution in [3.63, 3.8) is 0 Å². The molecule has 2 saturated heterocycles. The molecule has 8 heteroatoms. The normalized spacial score (nSPS) is 35.4. The van der Waals surface area contributed by atoms with Gasteiger partial charge in [-0.1, -0.05) is 58.4 Å². The van der Waals surface area contributed by atoms with Crippen LogP contribution in [0.1, 0.15) is 59.8 Å². The number of aliphatic hydroxyl groups excluding tert-OH is 1.